The summed E-state index contributed by atoms with van der Waals surface area (Å²) in [4.78, 5) is 35.9. The van der Waals surface area contributed by atoms with E-state index < -0.39 is 23.6 Å². The second-order valence-corrected chi connectivity index (χ2v) is 5.90. The summed E-state index contributed by atoms with van der Waals surface area (Å²) in [6.07, 6.45) is -0.0659. The Hall–Kier alpha value is -3.22. The third-order valence-electron chi connectivity index (χ3n) is 4.02. The number of amides is 2. The number of fused-ring (bicyclic) bond motifs is 1. The van der Waals surface area contributed by atoms with Gasteiger partial charge in [-0.1, -0.05) is 36.4 Å². The Morgan fingerprint density at radius 3 is 2.73 bits per heavy atom. The van der Waals surface area contributed by atoms with Gasteiger partial charge in [0, 0.05) is 12.1 Å². The maximum Gasteiger partial charge on any atom is 0.325 e. The molecule has 0 fully saturated rings. The Morgan fingerprint density at radius 2 is 1.96 bits per heavy atom. The second kappa shape index (κ2) is 7.77. The van der Waals surface area contributed by atoms with Crippen LogP contribution in [0, 0.1) is 5.82 Å². The third kappa shape index (κ3) is 4.24. The number of nitrogens with one attached hydrogen (secondary N) is 2. The van der Waals surface area contributed by atoms with Crippen LogP contribution in [0.15, 0.2) is 48.5 Å². The minimum Gasteiger partial charge on any atom is -0.460 e. The summed E-state index contributed by atoms with van der Waals surface area (Å²) in [5.41, 5.74) is 1.63. The molecule has 0 aliphatic carbocycles. The van der Waals surface area contributed by atoms with Crippen LogP contribution in [0.1, 0.15) is 23.5 Å². The summed E-state index contributed by atoms with van der Waals surface area (Å²) in [5, 5.41) is 5.02. The van der Waals surface area contributed by atoms with Gasteiger partial charge in [0.2, 0.25) is 11.8 Å². The average molecular weight is 356 g/mol. The molecular weight excluding hydrogens is 339 g/mol. The fourth-order valence-corrected chi connectivity index (χ4v) is 2.74. The van der Waals surface area contributed by atoms with Gasteiger partial charge in [0.25, 0.3) is 0 Å². The van der Waals surface area contributed by atoms with Gasteiger partial charge < -0.3 is 15.4 Å². The number of rotatable bonds is 5. The van der Waals surface area contributed by atoms with E-state index in [0.29, 0.717) is 5.56 Å². The van der Waals surface area contributed by atoms with E-state index in [9.17, 15) is 18.8 Å². The molecule has 0 radical (unpaired) electrons. The molecule has 2 amide bonds. The van der Waals surface area contributed by atoms with Crippen molar-refractivity contribution in [3.05, 3.63) is 65.5 Å². The van der Waals surface area contributed by atoms with Crippen molar-refractivity contribution in [2.45, 2.75) is 18.9 Å². The van der Waals surface area contributed by atoms with Crippen LogP contribution in [-0.2, 0) is 25.7 Å². The minimum absolute atomic E-state index is 0.0659. The Balaban J connectivity index is 1.57. The maximum atomic E-state index is 13.3. The van der Waals surface area contributed by atoms with E-state index in [2.05, 4.69) is 10.6 Å². The quantitative estimate of drug-likeness (QED) is 0.804. The van der Waals surface area contributed by atoms with Gasteiger partial charge in [-0.2, -0.15) is 0 Å². The van der Waals surface area contributed by atoms with Crippen LogP contribution in [0.4, 0.5) is 10.1 Å². The first-order valence-corrected chi connectivity index (χ1v) is 8.09. The Labute approximate surface area is 149 Å². The lowest BCUT2D eigenvalue weighted by atomic mass is 9.89. The molecule has 3 rings (SSSR count). The smallest absolute Gasteiger partial charge is 0.325 e. The molecule has 1 aliphatic rings. The first-order chi connectivity index (χ1) is 12.5. The van der Waals surface area contributed by atoms with Crippen LogP contribution < -0.4 is 10.6 Å². The predicted octanol–water partition coefficient (Wildman–Crippen LogP) is 2.11. The van der Waals surface area contributed by atoms with Gasteiger partial charge in [-0.25, -0.2) is 4.39 Å². The van der Waals surface area contributed by atoms with Gasteiger partial charge in [0.05, 0.1) is 5.92 Å². The van der Waals surface area contributed by atoms with Crippen molar-refractivity contribution in [2.75, 3.05) is 11.9 Å². The number of benzene rings is 2. The fourth-order valence-electron chi connectivity index (χ4n) is 2.74. The summed E-state index contributed by atoms with van der Waals surface area (Å²) in [5.74, 6) is -2.73. The monoisotopic (exact) mass is 356 g/mol. The van der Waals surface area contributed by atoms with E-state index in [1.165, 1.54) is 18.2 Å². The highest BCUT2D eigenvalue weighted by Gasteiger charge is 2.31. The lowest BCUT2D eigenvalue weighted by Gasteiger charge is -2.24. The van der Waals surface area contributed by atoms with Crippen molar-refractivity contribution in [1.82, 2.24) is 5.32 Å². The summed E-state index contributed by atoms with van der Waals surface area (Å²) >= 11 is 0. The van der Waals surface area contributed by atoms with Crippen LogP contribution in [0.2, 0.25) is 0 Å². The topological polar surface area (TPSA) is 84.5 Å². The van der Waals surface area contributed by atoms with Crippen LogP contribution >= 0.6 is 0 Å². The number of hydrogen-bond donors (Lipinski definition) is 2. The van der Waals surface area contributed by atoms with Crippen molar-refractivity contribution < 1.29 is 23.5 Å². The molecule has 7 heteroatoms. The van der Waals surface area contributed by atoms with Crippen LogP contribution in [-0.4, -0.2) is 24.3 Å². The van der Waals surface area contributed by atoms with Gasteiger partial charge in [0.1, 0.15) is 19.0 Å². The van der Waals surface area contributed by atoms with Gasteiger partial charge >= 0.3 is 5.97 Å². The standard InChI is InChI=1S/C19H17FN2O4/c20-13-6-7-14-15(9-17(23)22-16(14)8-13)19(25)21-10-18(24)26-11-12-4-2-1-3-5-12/h1-8,15H,9-11H2,(H,21,25)(H,22,23). The molecule has 134 valence electrons. The van der Waals surface area contributed by atoms with Crippen molar-refractivity contribution in [2.24, 2.45) is 0 Å². The molecule has 0 bridgehead atoms. The van der Waals surface area contributed by atoms with E-state index in [1.54, 1.807) is 0 Å². The normalized spacial score (nSPS) is 15.6. The van der Waals surface area contributed by atoms with Crippen molar-refractivity contribution >= 4 is 23.5 Å². The summed E-state index contributed by atoms with van der Waals surface area (Å²) < 4.78 is 18.4. The van der Waals surface area contributed by atoms with Crippen molar-refractivity contribution in [3.63, 3.8) is 0 Å². The number of esters is 1. The van der Waals surface area contributed by atoms with Crippen LogP contribution in [0.3, 0.4) is 0 Å². The summed E-state index contributed by atoms with van der Waals surface area (Å²) in [6.45, 7) is -0.191. The van der Waals surface area contributed by atoms with Crippen molar-refractivity contribution in [3.8, 4) is 0 Å². The summed E-state index contributed by atoms with van der Waals surface area (Å²) in [7, 11) is 0. The molecule has 0 saturated heterocycles. The van der Waals surface area contributed by atoms with Crippen molar-refractivity contribution in [1.29, 1.82) is 0 Å². The Bertz CT molecular complexity index is 839. The molecule has 2 aromatic rings. The predicted molar refractivity (Wildman–Crippen MR) is 91.6 cm³/mol. The van der Waals surface area contributed by atoms with Gasteiger partial charge in [-0.15, -0.1) is 0 Å². The highest BCUT2D eigenvalue weighted by atomic mass is 19.1. The molecule has 0 aromatic heterocycles. The number of anilines is 1. The Kier molecular flexibility index (Phi) is 5.26. The van der Waals surface area contributed by atoms with E-state index in [0.717, 1.165) is 5.56 Å². The first kappa shape index (κ1) is 17.6. The zero-order valence-corrected chi connectivity index (χ0v) is 13.8. The highest BCUT2D eigenvalue weighted by Crippen LogP contribution is 2.32. The van der Waals surface area contributed by atoms with E-state index >= 15 is 0 Å². The molecule has 0 spiro atoms. The lowest BCUT2D eigenvalue weighted by Crippen LogP contribution is -2.37. The molecule has 2 aromatic carbocycles. The lowest BCUT2D eigenvalue weighted by molar-refractivity contribution is -0.145. The number of ether oxygens (including phenoxy) is 1. The molecule has 0 saturated carbocycles. The molecule has 1 aliphatic heterocycles. The molecule has 1 atom stereocenters. The molecular formula is C19H17FN2O4. The van der Waals surface area contributed by atoms with E-state index in [1.807, 2.05) is 30.3 Å². The zero-order chi connectivity index (χ0) is 18.5. The molecule has 2 N–H and O–H groups in total. The molecule has 1 heterocycles. The molecule has 6 nitrogen and oxygen atoms in total. The highest BCUT2D eigenvalue weighted by molar-refractivity contribution is 6.01. The number of carbonyl (C=O) groups excluding carboxylic acids is 3. The van der Waals surface area contributed by atoms with Gasteiger partial charge in [-0.3, -0.25) is 14.4 Å². The van der Waals surface area contributed by atoms with Gasteiger partial charge in [-0.05, 0) is 23.3 Å². The number of halogens is 1. The minimum atomic E-state index is -0.777. The van der Waals surface area contributed by atoms with Crippen LogP contribution in [0.5, 0.6) is 0 Å². The molecule has 1 unspecified atom stereocenters. The fraction of sp³-hybridized carbons (Fsp3) is 0.211. The largest absolute Gasteiger partial charge is 0.460 e. The number of carbonyl (C=O) groups is 3. The van der Waals surface area contributed by atoms with Gasteiger partial charge in [0.15, 0.2) is 0 Å². The van der Waals surface area contributed by atoms with Crippen LogP contribution in [0.25, 0.3) is 0 Å². The molecule has 26 heavy (non-hydrogen) atoms. The zero-order valence-electron chi connectivity index (χ0n) is 13.8. The Morgan fingerprint density at radius 1 is 1.19 bits per heavy atom. The summed E-state index contributed by atoms with van der Waals surface area (Å²) in [6, 6.07) is 13.0. The third-order valence-corrected chi connectivity index (χ3v) is 4.02. The average Bonchev–Trinajstić information content (AvgIpc) is 2.64. The number of hydrogen-bond acceptors (Lipinski definition) is 4. The van der Waals surface area contributed by atoms with E-state index in [4.69, 9.17) is 4.74 Å². The second-order valence-electron chi connectivity index (χ2n) is 5.90. The first-order valence-electron chi connectivity index (χ1n) is 8.09. The maximum absolute atomic E-state index is 13.3. The van der Waals surface area contributed by atoms with E-state index in [-0.39, 0.29) is 31.2 Å². The SMILES string of the molecule is O=C1CC(C(=O)NCC(=O)OCc2ccccc2)c2ccc(F)cc2N1.